The second-order valence-corrected chi connectivity index (χ2v) is 8.16. The molecule has 0 bridgehead atoms. The van der Waals surface area contributed by atoms with Crippen LogP contribution in [0.4, 0.5) is 4.79 Å². The van der Waals surface area contributed by atoms with E-state index in [9.17, 15) is 14.7 Å². The lowest BCUT2D eigenvalue weighted by atomic mass is 9.84. The first-order valence-corrected chi connectivity index (χ1v) is 8.11. The molecule has 5 nitrogen and oxygen atoms in total. The highest BCUT2D eigenvalue weighted by Crippen LogP contribution is 2.24. The predicted molar refractivity (Wildman–Crippen MR) is 82.1 cm³/mol. The van der Waals surface area contributed by atoms with Crippen LogP contribution in [0.15, 0.2) is 0 Å². The van der Waals surface area contributed by atoms with E-state index in [0.29, 0.717) is 11.7 Å². The Bertz CT molecular complexity index is 355. The van der Waals surface area contributed by atoms with E-state index < -0.39 is 11.9 Å². The van der Waals surface area contributed by atoms with Crippen molar-refractivity contribution >= 4 is 23.8 Å². The minimum atomic E-state index is -0.845. The maximum atomic E-state index is 12.0. The van der Waals surface area contributed by atoms with Crippen LogP contribution in [0.1, 0.15) is 34.1 Å². The molecule has 0 aliphatic carbocycles. The first kappa shape index (κ1) is 17.1. The summed E-state index contributed by atoms with van der Waals surface area (Å²) < 4.78 is 0. The Hall–Kier alpha value is -0.910. The number of carboxylic acid groups (broad SMARTS) is 1. The number of hydrogen-bond donors (Lipinski definition) is 2. The number of carbonyl (C=O) groups is 2. The number of carboxylic acids is 1. The van der Waals surface area contributed by atoms with Crippen LogP contribution in [0.2, 0.25) is 0 Å². The summed E-state index contributed by atoms with van der Waals surface area (Å²) in [6.07, 6.45) is 0.550. The summed E-state index contributed by atoms with van der Waals surface area (Å²) in [5.41, 5.74) is -0.0654. The van der Waals surface area contributed by atoms with Crippen molar-refractivity contribution in [2.75, 3.05) is 25.4 Å². The van der Waals surface area contributed by atoms with Crippen molar-refractivity contribution in [3.63, 3.8) is 0 Å². The third-order valence-electron chi connectivity index (χ3n) is 3.24. The van der Waals surface area contributed by atoms with E-state index in [4.69, 9.17) is 0 Å². The number of aliphatic carboxylic acids is 1. The van der Waals surface area contributed by atoms with Gasteiger partial charge in [0, 0.05) is 30.6 Å². The van der Waals surface area contributed by atoms with E-state index in [1.165, 1.54) is 0 Å². The Balaban J connectivity index is 2.46. The van der Waals surface area contributed by atoms with Gasteiger partial charge in [-0.2, -0.15) is 11.8 Å². The highest BCUT2D eigenvalue weighted by atomic mass is 32.2. The van der Waals surface area contributed by atoms with Crippen LogP contribution in [-0.2, 0) is 4.79 Å². The Kier molecular flexibility index (Phi) is 6.17. The molecule has 0 aromatic heterocycles. The summed E-state index contributed by atoms with van der Waals surface area (Å²) in [5, 5.41) is 12.5. The van der Waals surface area contributed by atoms with Gasteiger partial charge in [-0.05, 0) is 11.8 Å². The van der Waals surface area contributed by atoms with E-state index >= 15 is 0 Å². The fourth-order valence-electron chi connectivity index (χ4n) is 2.31. The third kappa shape index (κ3) is 6.03. The first-order chi connectivity index (χ1) is 9.19. The number of thioether (sulfide) groups is 1. The molecule has 2 N–H and O–H groups in total. The van der Waals surface area contributed by atoms with Crippen LogP contribution in [0.25, 0.3) is 0 Å². The molecule has 6 heteroatoms. The van der Waals surface area contributed by atoms with Gasteiger partial charge in [-0.1, -0.05) is 27.7 Å². The molecule has 2 amide bonds. The van der Waals surface area contributed by atoms with Gasteiger partial charge in [0.2, 0.25) is 0 Å². The van der Waals surface area contributed by atoms with Crippen molar-refractivity contribution in [2.24, 2.45) is 11.3 Å². The lowest BCUT2D eigenvalue weighted by Gasteiger charge is -2.31. The van der Waals surface area contributed by atoms with Gasteiger partial charge in [0.15, 0.2) is 0 Å². The Morgan fingerprint density at radius 3 is 2.60 bits per heavy atom. The summed E-state index contributed by atoms with van der Waals surface area (Å²) in [7, 11) is 0. The molecule has 116 valence electrons. The normalized spacial score (nSPS) is 21.4. The monoisotopic (exact) mass is 302 g/mol. The van der Waals surface area contributed by atoms with Crippen molar-refractivity contribution in [3.05, 3.63) is 0 Å². The fourth-order valence-corrected chi connectivity index (χ4v) is 3.32. The van der Waals surface area contributed by atoms with Gasteiger partial charge in [-0.25, -0.2) is 4.79 Å². The number of carbonyl (C=O) groups excluding carboxylic acids is 1. The van der Waals surface area contributed by atoms with Crippen LogP contribution in [-0.4, -0.2) is 52.6 Å². The number of nitrogens with one attached hydrogen (secondary N) is 1. The number of rotatable bonds is 4. The third-order valence-corrected chi connectivity index (χ3v) is 4.37. The summed E-state index contributed by atoms with van der Waals surface area (Å²) in [5.74, 6) is -0.433. The van der Waals surface area contributed by atoms with E-state index in [1.54, 1.807) is 4.90 Å². The molecule has 1 aliphatic heterocycles. The van der Waals surface area contributed by atoms with Crippen molar-refractivity contribution in [1.82, 2.24) is 10.2 Å². The fraction of sp³-hybridized carbons (Fsp3) is 0.857. The van der Waals surface area contributed by atoms with E-state index in [1.807, 2.05) is 32.5 Å². The molecule has 1 aliphatic rings. The minimum Gasteiger partial charge on any atom is -0.481 e. The molecule has 1 heterocycles. The second-order valence-electron chi connectivity index (χ2n) is 6.61. The topological polar surface area (TPSA) is 69.6 Å². The van der Waals surface area contributed by atoms with Crippen LogP contribution >= 0.6 is 11.8 Å². The highest BCUT2D eigenvalue weighted by molar-refractivity contribution is 7.99. The molecule has 20 heavy (non-hydrogen) atoms. The molecule has 0 aromatic carbocycles. The number of nitrogens with zero attached hydrogens (tertiary/aromatic N) is 1. The average molecular weight is 302 g/mol. The number of hydrogen-bond acceptors (Lipinski definition) is 3. The Morgan fingerprint density at radius 1 is 1.45 bits per heavy atom. The SMILES string of the molecule is CC1CN(C(=O)NCC(CC(C)(C)C)C(=O)O)CCS1. The highest BCUT2D eigenvalue weighted by Gasteiger charge is 2.27. The van der Waals surface area contributed by atoms with E-state index in [-0.39, 0.29) is 18.0 Å². The summed E-state index contributed by atoms with van der Waals surface area (Å²) >= 11 is 1.86. The molecule has 0 spiro atoms. The Labute approximate surface area is 125 Å². The molecule has 0 aromatic rings. The quantitative estimate of drug-likeness (QED) is 0.836. The second kappa shape index (κ2) is 7.20. The lowest BCUT2D eigenvalue weighted by Crippen LogP contribution is -2.48. The van der Waals surface area contributed by atoms with Crippen molar-refractivity contribution < 1.29 is 14.7 Å². The smallest absolute Gasteiger partial charge is 0.317 e. The average Bonchev–Trinajstić information content (AvgIpc) is 2.32. The maximum Gasteiger partial charge on any atom is 0.317 e. The van der Waals surface area contributed by atoms with Gasteiger partial charge in [0.1, 0.15) is 0 Å². The van der Waals surface area contributed by atoms with Gasteiger partial charge in [-0.15, -0.1) is 0 Å². The molecular weight excluding hydrogens is 276 g/mol. The molecule has 1 rings (SSSR count). The Morgan fingerprint density at radius 2 is 2.10 bits per heavy atom. The molecular formula is C14H26N2O3S. The largest absolute Gasteiger partial charge is 0.481 e. The van der Waals surface area contributed by atoms with Gasteiger partial charge in [-0.3, -0.25) is 4.79 Å². The summed E-state index contributed by atoms with van der Waals surface area (Å²) in [6.45, 7) is 9.79. The molecule has 2 unspecified atom stereocenters. The van der Waals surface area contributed by atoms with Gasteiger partial charge in [0.25, 0.3) is 0 Å². The summed E-state index contributed by atoms with van der Waals surface area (Å²) in [6, 6.07) is -0.141. The zero-order chi connectivity index (χ0) is 15.3. The van der Waals surface area contributed by atoms with Crippen LogP contribution in [0.5, 0.6) is 0 Å². The van der Waals surface area contributed by atoms with Gasteiger partial charge >= 0.3 is 12.0 Å². The zero-order valence-electron chi connectivity index (χ0n) is 12.8. The van der Waals surface area contributed by atoms with Gasteiger partial charge < -0.3 is 15.3 Å². The van der Waals surface area contributed by atoms with E-state index in [0.717, 1.165) is 18.8 Å². The number of urea groups is 1. The molecule has 1 saturated heterocycles. The lowest BCUT2D eigenvalue weighted by molar-refractivity contribution is -0.142. The van der Waals surface area contributed by atoms with Crippen LogP contribution < -0.4 is 5.32 Å². The van der Waals surface area contributed by atoms with Crippen molar-refractivity contribution in [1.29, 1.82) is 0 Å². The summed E-state index contributed by atoms with van der Waals surface area (Å²) in [4.78, 5) is 25.1. The predicted octanol–water partition coefficient (Wildman–Crippen LogP) is 2.27. The zero-order valence-corrected chi connectivity index (χ0v) is 13.6. The van der Waals surface area contributed by atoms with Gasteiger partial charge in [0.05, 0.1) is 5.92 Å². The van der Waals surface area contributed by atoms with Crippen LogP contribution in [0, 0.1) is 11.3 Å². The molecule has 1 fully saturated rings. The van der Waals surface area contributed by atoms with E-state index in [2.05, 4.69) is 12.2 Å². The van der Waals surface area contributed by atoms with Crippen LogP contribution in [0.3, 0.4) is 0 Å². The van der Waals surface area contributed by atoms with Crippen molar-refractivity contribution in [3.8, 4) is 0 Å². The molecule has 2 atom stereocenters. The maximum absolute atomic E-state index is 12.0. The number of amides is 2. The molecule has 0 radical (unpaired) electrons. The first-order valence-electron chi connectivity index (χ1n) is 7.06. The minimum absolute atomic E-state index is 0.0654. The molecule has 0 saturated carbocycles. The standard InChI is InChI=1S/C14H26N2O3S/c1-10-9-16(5-6-20-10)13(19)15-8-11(12(17)18)7-14(2,3)4/h10-11H,5-9H2,1-4H3,(H,15,19)(H,17,18). The van der Waals surface area contributed by atoms with Crippen molar-refractivity contribution in [2.45, 2.75) is 39.4 Å².